The van der Waals surface area contributed by atoms with Gasteiger partial charge in [-0.3, -0.25) is 4.79 Å². The van der Waals surface area contributed by atoms with Crippen molar-refractivity contribution in [2.75, 3.05) is 19.8 Å². The summed E-state index contributed by atoms with van der Waals surface area (Å²) in [6.07, 6.45) is -6.62. The Morgan fingerprint density at radius 2 is 1.10 bits per heavy atom. The first-order valence-corrected chi connectivity index (χ1v) is 22.9. The normalized spacial score (nSPS) is 20.1. The van der Waals surface area contributed by atoms with Crippen molar-refractivity contribution in [2.24, 2.45) is 0 Å². The fraction of sp³-hybridized carbons (Fsp3) is 0.451. The van der Waals surface area contributed by atoms with E-state index in [4.69, 9.17) is 37.9 Å². The summed E-state index contributed by atoms with van der Waals surface area (Å²) in [4.78, 5) is 55.0. The molecule has 68 heavy (non-hydrogen) atoms. The molecular weight excluding hydrogens is 875 g/mol. The molecule has 2 saturated heterocycles. The molecule has 4 aromatic rings. The van der Waals surface area contributed by atoms with E-state index in [0.29, 0.717) is 6.61 Å². The van der Waals surface area contributed by atoms with E-state index in [9.17, 15) is 19.2 Å². The van der Waals surface area contributed by atoms with E-state index >= 15 is 0 Å². The predicted octanol–water partition coefficient (Wildman–Crippen LogP) is 7.54. The van der Waals surface area contributed by atoms with Crippen LogP contribution >= 0.6 is 0 Å². The number of carbonyl (C=O) groups is 4. The second-order valence-electron chi connectivity index (χ2n) is 18.4. The molecule has 0 spiro atoms. The highest BCUT2D eigenvalue weighted by atomic mass is 16.6. The summed E-state index contributed by atoms with van der Waals surface area (Å²) >= 11 is 0. The van der Waals surface area contributed by atoms with E-state index < -0.39 is 72.0 Å². The molecule has 2 aliphatic rings. The van der Waals surface area contributed by atoms with Gasteiger partial charge in [0.25, 0.3) is 5.91 Å². The van der Waals surface area contributed by atoms with Crippen molar-refractivity contribution >= 4 is 24.2 Å². The van der Waals surface area contributed by atoms with Crippen LogP contribution in [0, 0.1) is 0 Å². The highest BCUT2D eigenvalue weighted by Gasteiger charge is 2.49. The lowest BCUT2D eigenvalue weighted by Gasteiger charge is -2.47. The molecule has 2 heterocycles. The minimum Gasteiger partial charge on any atom is -0.447 e. The third-order valence-corrected chi connectivity index (χ3v) is 10.6. The number of nitrogens with one attached hydrogen (secondary N) is 3. The fourth-order valence-corrected chi connectivity index (χ4v) is 7.57. The van der Waals surface area contributed by atoms with Crippen LogP contribution < -0.4 is 16.4 Å². The van der Waals surface area contributed by atoms with Gasteiger partial charge in [-0.25, -0.2) is 30.1 Å². The number of carbonyl (C=O) groups excluding carboxylic acids is 4. The van der Waals surface area contributed by atoms with Gasteiger partial charge in [0, 0.05) is 0 Å². The maximum absolute atomic E-state index is 14.6. The summed E-state index contributed by atoms with van der Waals surface area (Å²) in [5.41, 5.74) is 9.46. The third-order valence-electron chi connectivity index (χ3n) is 10.6. The predicted molar refractivity (Wildman–Crippen MR) is 250 cm³/mol. The van der Waals surface area contributed by atoms with Gasteiger partial charge in [-0.2, -0.15) is 0 Å². The zero-order valence-corrected chi connectivity index (χ0v) is 39.7. The molecule has 4 amide bonds. The van der Waals surface area contributed by atoms with Crippen molar-refractivity contribution < 1.29 is 57.1 Å². The van der Waals surface area contributed by atoms with E-state index in [-0.39, 0.29) is 52.4 Å². The molecule has 4 aromatic carbocycles. The molecule has 0 bridgehead atoms. The number of imide groups is 1. The molecule has 1 unspecified atom stereocenters. The Kier molecular flexibility index (Phi) is 18.9. The minimum absolute atomic E-state index is 0.0308. The second kappa shape index (κ2) is 24.9. The van der Waals surface area contributed by atoms with E-state index in [2.05, 4.69) is 16.4 Å². The van der Waals surface area contributed by atoms with Gasteiger partial charge in [0.05, 0.1) is 45.7 Å². The SMILES string of the molecule is CC(C)(C)OC(=O)NNN(NC(=O)OC(C)(C)C)C(CC[C@H]1O[C@H](COCc2ccccc2)[C@H](OCc2ccccc2)[C@H](OCc2ccccc2)[C@H]1OCc1ccccc1)C(=O)N1CCOC1=O. The first-order chi connectivity index (χ1) is 32.6. The van der Waals surface area contributed by atoms with Crippen molar-refractivity contribution in [2.45, 2.75) is 129 Å². The monoisotopic (exact) mass is 939 g/mol. The van der Waals surface area contributed by atoms with Crippen LogP contribution in [0.5, 0.6) is 0 Å². The van der Waals surface area contributed by atoms with Gasteiger partial charge in [-0.1, -0.05) is 121 Å². The van der Waals surface area contributed by atoms with Crippen molar-refractivity contribution in [3.8, 4) is 0 Å². The summed E-state index contributed by atoms with van der Waals surface area (Å²) < 4.78 is 50.2. The van der Waals surface area contributed by atoms with Gasteiger partial charge in [-0.15, -0.1) is 10.7 Å². The van der Waals surface area contributed by atoms with Crippen LogP contribution in [0.1, 0.15) is 76.6 Å². The number of hydrogen-bond acceptors (Lipinski definition) is 14. The van der Waals surface area contributed by atoms with Crippen molar-refractivity contribution in [3.05, 3.63) is 144 Å². The number of amides is 4. The van der Waals surface area contributed by atoms with Gasteiger partial charge in [0.2, 0.25) is 0 Å². The molecule has 0 saturated carbocycles. The molecule has 6 atom stereocenters. The van der Waals surface area contributed by atoms with Crippen molar-refractivity contribution in [1.29, 1.82) is 0 Å². The summed E-state index contributed by atoms with van der Waals surface area (Å²) in [5.74, 6) is -0.747. The summed E-state index contributed by atoms with van der Waals surface area (Å²) in [7, 11) is 0. The molecule has 17 heteroatoms. The van der Waals surface area contributed by atoms with Crippen LogP contribution in [-0.4, -0.2) is 102 Å². The van der Waals surface area contributed by atoms with E-state index in [1.807, 2.05) is 121 Å². The average Bonchev–Trinajstić information content (AvgIpc) is 3.74. The number of ether oxygens (including phenoxy) is 8. The Morgan fingerprint density at radius 1 is 0.647 bits per heavy atom. The quantitative estimate of drug-likeness (QED) is 0.0550. The molecule has 3 N–H and O–H groups in total. The van der Waals surface area contributed by atoms with Crippen LogP contribution in [0.3, 0.4) is 0 Å². The number of rotatable bonds is 21. The Morgan fingerprint density at radius 3 is 1.57 bits per heavy atom. The lowest BCUT2D eigenvalue weighted by molar-refractivity contribution is -0.274. The molecule has 0 radical (unpaired) electrons. The van der Waals surface area contributed by atoms with Crippen LogP contribution in [0.4, 0.5) is 14.4 Å². The molecule has 0 aromatic heterocycles. The van der Waals surface area contributed by atoms with Crippen LogP contribution in [-0.2, 0) is 69.1 Å². The number of nitrogens with zero attached hydrogens (tertiary/aromatic N) is 2. The van der Waals surface area contributed by atoms with Crippen molar-refractivity contribution in [1.82, 2.24) is 26.4 Å². The summed E-state index contributed by atoms with van der Waals surface area (Å²) in [5, 5.41) is 0.976. The molecule has 366 valence electrons. The molecule has 0 aliphatic carbocycles. The molecule has 2 fully saturated rings. The Bertz CT molecular complexity index is 2180. The largest absolute Gasteiger partial charge is 0.447 e. The third kappa shape index (κ3) is 16.4. The lowest BCUT2D eigenvalue weighted by Crippen LogP contribution is -2.66. The Balaban J connectivity index is 1.38. The summed E-state index contributed by atoms with van der Waals surface area (Å²) in [6, 6.07) is 37.6. The zero-order chi connectivity index (χ0) is 48.5. The average molecular weight is 940 g/mol. The molecule has 2 aliphatic heterocycles. The Hall–Kier alpha value is -5.92. The standard InChI is InChI=1S/C51H65N5O12/c1-50(2,3)67-47(58)52-54-56(53-48(59)68-51(4,5)6)40(46(57)55-29-30-62-49(55)60)27-28-41-43(63-32-37-21-13-8-14-22-37)45(65-34-39-25-17-10-18-26-39)44(64-33-38-23-15-9-16-24-38)42(66-41)35-61-31-36-19-11-7-12-20-36/h7-26,40-45,54H,27-35H2,1-6H3,(H,52,58)(H,53,59)/t40?,41-,42-,43+,44+,45-/m1/s1. The Labute approximate surface area is 398 Å². The van der Waals surface area contributed by atoms with E-state index in [1.54, 1.807) is 41.5 Å². The maximum Gasteiger partial charge on any atom is 0.423 e. The van der Waals surface area contributed by atoms with Gasteiger partial charge in [-0.05, 0) is 76.6 Å². The highest BCUT2D eigenvalue weighted by Crippen LogP contribution is 2.34. The van der Waals surface area contributed by atoms with Crippen LogP contribution in [0.15, 0.2) is 121 Å². The van der Waals surface area contributed by atoms with Gasteiger partial charge < -0.3 is 37.9 Å². The first kappa shape index (κ1) is 51.5. The van der Waals surface area contributed by atoms with Crippen LogP contribution in [0.2, 0.25) is 0 Å². The maximum atomic E-state index is 14.6. The smallest absolute Gasteiger partial charge is 0.423 e. The lowest BCUT2D eigenvalue weighted by atomic mass is 9.90. The number of benzene rings is 4. The van der Waals surface area contributed by atoms with Crippen LogP contribution in [0.25, 0.3) is 0 Å². The number of hydrogen-bond donors (Lipinski definition) is 3. The van der Waals surface area contributed by atoms with Crippen molar-refractivity contribution in [3.63, 3.8) is 0 Å². The topological polar surface area (TPSA) is 185 Å². The fourth-order valence-electron chi connectivity index (χ4n) is 7.57. The molecule has 17 nitrogen and oxygen atoms in total. The second-order valence-corrected chi connectivity index (χ2v) is 18.4. The summed E-state index contributed by atoms with van der Waals surface area (Å²) in [6.45, 7) is 11.0. The number of hydrazine groups is 3. The van der Waals surface area contributed by atoms with Gasteiger partial charge in [0.1, 0.15) is 48.3 Å². The molecular formula is C51H65N5O12. The highest BCUT2D eigenvalue weighted by molar-refractivity contribution is 5.96. The minimum atomic E-state index is -1.40. The van der Waals surface area contributed by atoms with Gasteiger partial charge in [0.15, 0.2) is 0 Å². The van der Waals surface area contributed by atoms with E-state index in [0.717, 1.165) is 32.3 Å². The molecule has 6 rings (SSSR count). The van der Waals surface area contributed by atoms with E-state index in [1.165, 1.54) is 0 Å². The van der Waals surface area contributed by atoms with Gasteiger partial charge >= 0.3 is 18.3 Å². The number of cyclic esters (lactones) is 1. The zero-order valence-electron chi connectivity index (χ0n) is 39.7. The first-order valence-electron chi connectivity index (χ1n) is 22.9.